The summed E-state index contributed by atoms with van der Waals surface area (Å²) in [5, 5.41) is 0. The fourth-order valence-corrected chi connectivity index (χ4v) is 2.48. The average molecular weight is 254 g/mol. The van der Waals surface area contributed by atoms with Crippen molar-refractivity contribution in [1.82, 2.24) is 9.88 Å². The number of hydrogen-bond acceptors (Lipinski definition) is 2. The minimum Gasteiger partial charge on any atom is -0.335 e. The Morgan fingerprint density at radius 3 is 2.89 bits per heavy atom. The molecule has 1 atom stereocenters. The van der Waals surface area contributed by atoms with E-state index in [0.717, 1.165) is 19.0 Å². The molecule has 1 fully saturated rings. The molecule has 2 heterocycles. The third-order valence-corrected chi connectivity index (χ3v) is 3.41. The second-order valence-corrected chi connectivity index (χ2v) is 4.92. The second kappa shape index (κ2) is 5.00. The fraction of sp³-hybridized carbons (Fsp3) is 0.538. The lowest BCUT2D eigenvalue weighted by molar-refractivity contribution is 0.0695. The van der Waals surface area contributed by atoms with Gasteiger partial charge in [0.2, 0.25) is 5.95 Å². The summed E-state index contributed by atoms with van der Waals surface area (Å²) in [7, 11) is 0. The summed E-state index contributed by atoms with van der Waals surface area (Å²) in [6.07, 6.45) is 2.94. The number of amides is 1. The van der Waals surface area contributed by atoms with Crippen molar-refractivity contribution in [2.45, 2.75) is 32.7 Å². The number of likely N-dealkylation sites (tertiary alicyclic amines) is 1. The Hall–Kier alpha value is -1.52. The van der Waals surface area contributed by atoms with Gasteiger partial charge in [-0.3, -0.25) is 4.79 Å². The Bertz CT molecular complexity index is 462. The summed E-state index contributed by atoms with van der Waals surface area (Å²) in [6.45, 7) is 4.66. The van der Waals surface area contributed by atoms with Crippen LogP contribution in [0.3, 0.4) is 0 Å². The van der Waals surface area contributed by atoms with Crippen molar-refractivity contribution in [3.05, 3.63) is 29.6 Å². The highest BCUT2D eigenvalue weighted by Crippen LogP contribution is 2.26. The summed E-state index contributed by atoms with van der Waals surface area (Å²) in [4.78, 5) is 17.1. The van der Waals surface area contributed by atoms with Crippen molar-refractivity contribution in [1.29, 1.82) is 0 Å². The minimum absolute atomic E-state index is 0.105. The van der Waals surface area contributed by atoms with Crippen LogP contribution in [0.25, 0.3) is 0 Å². The van der Waals surface area contributed by atoms with Crippen LogP contribution >= 0.6 is 0 Å². The molecular formula is C13H16F2N2O. The van der Waals surface area contributed by atoms with Crippen molar-refractivity contribution in [3.63, 3.8) is 0 Å². The maximum absolute atomic E-state index is 13.5. The van der Waals surface area contributed by atoms with Crippen LogP contribution in [0.5, 0.6) is 0 Å². The lowest BCUT2D eigenvalue weighted by Crippen LogP contribution is -2.39. The van der Waals surface area contributed by atoms with Gasteiger partial charge in [0, 0.05) is 18.8 Å². The van der Waals surface area contributed by atoms with Gasteiger partial charge < -0.3 is 4.90 Å². The normalized spacial score (nSPS) is 19.6. The zero-order valence-corrected chi connectivity index (χ0v) is 10.5. The van der Waals surface area contributed by atoms with Crippen molar-refractivity contribution in [3.8, 4) is 0 Å². The second-order valence-electron chi connectivity index (χ2n) is 4.92. The van der Waals surface area contributed by atoms with Crippen LogP contribution < -0.4 is 0 Å². The minimum atomic E-state index is -1.22. The van der Waals surface area contributed by atoms with Crippen LogP contribution in [-0.4, -0.2) is 28.4 Å². The van der Waals surface area contributed by atoms with E-state index in [1.165, 1.54) is 6.07 Å². The van der Waals surface area contributed by atoms with Gasteiger partial charge in [-0.25, -0.2) is 9.37 Å². The molecule has 0 N–H and O–H groups in total. The molecule has 0 spiro atoms. The van der Waals surface area contributed by atoms with Gasteiger partial charge in [0.25, 0.3) is 5.91 Å². The van der Waals surface area contributed by atoms with E-state index >= 15 is 0 Å². The van der Waals surface area contributed by atoms with Gasteiger partial charge in [0.15, 0.2) is 5.82 Å². The molecule has 1 aromatic heterocycles. The van der Waals surface area contributed by atoms with Crippen LogP contribution in [-0.2, 0) is 0 Å². The van der Waals surface area contributed by atoms with Crippen LogP contribution in [0, 0.1) is 17.7 Å². The van der Waals surface area contributed by atoms with Gasteiger partial charge in [-0.1, -0.05) is 13.8 Å². The number of rotatable bonds is 2. The quantitative estimate of drug-likeness (QED) is 0.760. The SMILES string of the molecule is CC(C)C1CCCN1C(=O)c1ccnc(F)c1F. The third-order valence-electron chi connectivity index (χ3n) is 3.41. The average Bonchev–Trinajstić information content (AvgIpc) is 2.81. The van der Waals surface area contributed by atoms with Crippen LogP contribution in [0.4, 0.5) is 8.78 Å². The number of carbonyl (C=O) groups is 1. The zero-order valence-electron chi connectivity index (χ0n) is 10.5. The molecule has 1 amide bonds. The zero-order chi connectivity index (χ0) is 13.3. The van der Waals surface area contributed by atoms with E-state index in [0.29, 0.717) is 12.5 Å². The molecule has 0 radical (unpaired) electrons. The molecule has 1 saturated heterocycles. The van der Waals surface area contributed by atoms with E-state index in [1.54, 1.807) is 4.90 Å². The van der Waals surface area contributed by atoms with Gasteiger partial charge in [-0.2, -0.15) is 4.39 Å². The third kappa shape index (κ3) is 2.21. The Kier molecular flexibility index (Phi) is 3.59. The molecule has 3 nitrogen and oxygen atoms in total. The van der Waals surface area contributed by atoms with Crippen molar-refractivity contribution >= 4 is 5.91 Å². The first kappa shape index (κ1) is 12.9. The molecule has 5 heteroatoms. The molecule has 2 rings (SSSR count). The van der Waals surface area contributed by atoms with Crippen molar-refractivity contribution < 1.29 is 13.6 Å². The molecule has 1 aliphatic heterocycles. The van der Waals surface area contributed by atoms with Crippen LogP contribution in [0.1, 0.15) is 37.0 Å². The summed E-state index contributed by atoms with van der Waals surface area (Å²) in [5.74, 6) is -2.51. The molecule has 1 aromatic rings. The summed E-state index contributed by atoms with van der Waals surface area (Å²) in [6, 6.07) is 1.34. The van der Waals surface area contributed by atoms with E-state index in [-0.39, 0.29) is 11.6 Å². The monoisotopic (exact) mass is 254 g/mol. The van der Waals surface area contributed by atoms with E-state index < -0.39 is 17.7 Å². The molecule has 1 unspecified atom stereocenters. The molecule has 0 aromatic carbocycles. The molecule has 0 bridgehead atoms. The maximum Gasteiger partial charge on any atom is 0.257 e. The lowest BCUT2D eigenvalue weighted by atomic mass is 10.0. The Balaban J connectivity index is 2.28. The molecule has 0 aliphatic carbocycles. The van der Waals surface area contributed by atoms with E-state index in [2.05, 4.69) is 4.98 Å². The van der Waals surface area contributed by atoms with Gasteiger partial charge in [-0.15, -0.1) is 0 Å². The van der Waals surface area contributed by atoms with Gasteiger partial charge in [0.1, 0.15) is 0 Å². The van der Waals surface area contributed by atoms with E-state index in [4.69, 9.17) is 0 Å². The van der Waals surface area contributed by atoms with Gasteiger partial charge in [-0.05, 0) is 24.8 Å². The predicted molar refractivity (Wildman–Crippen MR) is 63.0 cm³/mol. The van der Waals surface area contributed by atoms with E-state index in [9.17, 15) is 13.6 Å². The Morgan fingerprint density at radius 2 is 2.22 bits per heavy atom. The highest BCUT2D eigenvalue weighted by Gasteiger charge is 2.33. The number of halogens is 2. The topological polar surface area (TPSA) is 33.2 Å². The molecule has 1 aliphatic rings. The number of hydrogen-bond donors (Lipinski definition) is 0. The summed E-state index contributed by atoms with van der Waals surface area (Å²) < 4.78 is 26.6. The number of carbonyl (C=O) groups excluding carboxylic acids is 1. The summed E-state index contributed by atoms with van der Waals surface area (Å²) >= 11 is 0. The predicted octanol–water partition coefficient (Wildman–Crippen LogP) is 2.62. The van der Waals surface area contributed by atoms with E-state index in [1.807, 2.05) is 13.8 Å². The molecule has 0 saturated carbocycles. The maximum atomic E-state index is 13.5. The molecular weight excluding hydrogens is 238 g/mol. The first-order valence-corrected chi connectivity index (χ1v) is 6.13. The Labute approximate surface area is 105 Å². The number of nitrogens with zero attached hydrogens (tertiary/aromatic N) is 2. The largest absolute Gasteiger partial charge is 0.335 e. The highest BCUT2D eigenvalue weighted by molar-refractivity contribution is 5.94. The van der Waals surface area contributed by atoms with Gasteiger partial charge >= 0.3 is 0 Å². The number of aromatic nitrogens is 1. The van der Waals surface area contributed by atoms with Crippen LogP contribution in [0.15, 0.2) is 12.3 Å². The molecule has 18 heavy (non-hydrogen) atoms. The first-order chi connectivity index (χ1) is 8.52. The lowest BCUT2D eigenvalue weighted by Gasteiger charge is -2.27. The van der Waals surface area contributed by atoms with Crippen molar-refractivity contribution in [2.24, 2.45) is 5.92 Å². The Morgan fingerprint density at radius 1 is 1.50 bits per heavy atom. The number of pyridine rings is 1. The standard InChI is InChI=1S/C13H16F2N2O/c1-8(2)10-4-3-7-17(10)13(18)9-5-6-16-12(15)11(9)14/h5-6,8,10H,3-4,7H2,1-2H3. The van der Waals surface area contributed by atoms with Gasteiger partial charge in [0.05, 0.1) is 5.56 Å². The first-order valence-electron chi connectivity index (χ1n) is 6.13. The van der Waals surface area contributed by atoms with Crippen molar-refractivity contribution in [2.75, 3.05) is 6.54 Å². The highest BCUT2D eigenvalue weighted by atomic mass is 19.2. The summed E-state index contributed by atoms with van der Waals surface area (Å²) in [5.41, 5.74) is -0.227. The molecule has 98 valence electrons. The fourth-order valence-electron chi connectivity index (χ4n) is 2.48. The van der Waals surface area contributed by atoms with Crippen LogP contribution in [0.2, 0.25) is 0 Å². The smallest absolute Gasteiger partial charge is 0.257 e.